The molecule has 0 radical (unpaired) electrons. The number of hydrogen-bond donors (Lipinski definition) is 2. The molecular formula is C18H29NO3. The van der Waals surface area contributed by atoms with Crippen LogP contribution in [0.4, 0.5) is 0 Å². The van der Waals surface area contributed by atoms with Gasteiger partial charge >= 0.3 is 0 Å². The predicted octanol–water partition coefficient (Wildman–Crippen LogP) is 2.95. The molecule has 1 saturated heterocycles. The van der Waals surface area contributed by atoms with Crippen molar-refractivity contribution in [3.05, 3.63) is 23.8 Å². The first kappa shape index (κ1) is 17.1. The summed E-state index contributed by atoms with van der Waals surface area (Å²) >= 11 is 0. The van der Waals surface area contributed by atoms with E-state index in [1.54, 1.807) is 7.11 Å². The summed E-state index contributed by atoms with van der Waals surface area (Å²) < 4.78 is 11.5. The van der Waals surface area contributed by atoms with Gasteiger partial charge in [-0.15, -0.1) is 0 Å². The molecule has 1 heterocycles. The van der Waals surface area contributed by atoms with E-state index in [1.807, 2.05) is 33.8 Å². The number of ether oxygens (including phenoxy) is 2. The predicted molar refractivity (Wildman–Crippen MR) is 88.8 cm³/mol. The van der Waals surface area contributed by atoms with Gasteiger partial charge in [0.25, 0.3) is 0 Å². The fraction of sp³-hybridized carbons (Fsp3) is 0.667. The van der Waals surface area contributed by atoms with Crippen molar-refractivity contribution in [2.24, 2.45) is 5.41 Å². The molecule has 3 unspecified atom stereocenters. The first-order chi connectivity index (χ1) is 10.2. The van der Waals surface area contributed by atoms with Gasteiger partial charge in [-0.1, -0.05) is 13.0 Å². The summed E-state index contributed by atoms with van der Waals surface area (Å²) in [6.07, 6.45) is -0.374. The van der Waals surface area contributed by atoms with E-state index in [0.29, 0.717) is 0 Å². The fourth-order valence-electron chi connectivity index (χ4n) is 3.10. The van der Waals surface area contributed by atoms with Crippen LogP contribution in [0.3, 0.4) is 0 Å². The monoisotopic (exact) mass is 307 g/mol. The maximum absolute atomic E-state index is 10.2. The van der Waals surface area contributed by atoms with Gasteiger partial charge in [0.15, 0.2) is 11.5 Å². The highest BCUT2D eigenvalue weighted by atomic mass is 16.5. The third-order valence-corrected chi connectivity index (χ3v) is 4.61. The molecule has 0 bridgehead atoms. The minimum absolute atomic E-state index is 0.173. The molecule has 0 spiro atoms. The second-order valence-corrected chi connectivity index (χ2v) is 7.49. The van der Waals surface area contributed by atoms with Crippen LogP contribution in [0.5, 0.6) is 11.5 Å². The van der Waals surface area contributed by atoms with Crippen molar-refractivity contribution in [1.29, 1.82) is 0 Å². The Kier molecular flexibility index (Phi) is 4.73. The summed E-state index contributed by atoms with van der Waals surface area (Å²) in [6, 6.07) is 6.09. The summed E-state index contributed by atoms with van der Waals surface area (Å²) in [5, 5.41) is 13.6. The molecule has 1 aromatic rings. The molecule has 4 heteroatoms. The molecule has 0 aromatic heterocycles. The van der Waals surface area contributed by atoms with Gasteiger partial charge in [-0.25, -0.2) is 0 Å². The first-order valence-electron chi connectivity index (χ1n) is 7.93. The van der Waals surface area contributed by atoms with E-state index in [4.69, 9.17) is 9.47 Å². The average Bonchev–Trinajstić information content (AvgIpc) is 2.80. The van der Waals surface area contributed by atoms with Gasteiger partial charge < -0.3 is 19.9 Å². The SMILES string of the molecule is COc1ccc(C2CNCC2(C)C(C)O)cc1OC(C)(C)C. The molecule has 2 rings (SSSR count). The first-order valence-corrected chi connectivity index (χ1v) is 7.93. The molecule has 1 aliphatic rings. The zero-order valence-corrected chi connectivity index (χ0v) is 14.6. The fourth-order valence-corrected chi connectivity index (χ4v) is 3.10. The molecule has 0 amide bonds. The van der Waals surface area contributed by atoms with E-state index < -0.39 is 0 Å². The molecule has 22 heavy (non-hydrogen) atoms. The number of hydrogen-bond acceptors (Lipinski definition) is 4. The van der Waals surface area contributed by atoms with Gasteiger partial charge in [-0.05, 0) is 45.4 Å². The van der Waals surface area contributed by atoms with Crippen LogP contribution in [-0.2, 0) is 0 Å². The topological polar surface area (TPSA) is 50.7 Å². The van der Waals surface area contributed by atoms with E-state index >= 15 is 0 Å². The van der Waals surface area contributed by atoms with Crippen molar-refractivity contribution in [2.75, 3.05) is 20.2 Å². The van der Waals surface area contributed by atoms with Crippen molar-refractivity contribution in [1.82, 2.24) is 5.32 Å². The van der Waals surface area contributed by atoms with E-state index in [1.165, 1.54) is 5.56 Å². The highest BCUT2D eigenvalue weighted by Crippen LogP contribution is 2.44. The Balaban J connectivity index is 2.38. The second kappa shape index (κ2) is 6.09. The number of nitrogens with one attached hydrogen (secondary N) is 1. The van der Waals surface area contributed by atoms with Crippen LogP contribution in [0.1, 0.15) is 46.1 Å². The van der Waals surface area contributed by atoms with Crippen LogP contribution in [0.15, 0.2) is 18.2 Å². The molecule has 2 N–H and O–H groups in total. The van der Waals surface area contributed by atoms with Gasteiger partial charge in [0.2, 0.25) is 0 Å². The van der Waals surface area contributed by atoms with Gasteiger partial charge in [-0.3, -0.25) is 0 Å². The standard InChI is InChI=1S/C18H29NO3/c1-12(20)18(5)11-19-10-14(18)13-7-8-15(21-6)16(9-13)22-17(2,3)4/h7-9,12,14,19-20H,10-11H2,1-6H3. The van der Waals surface area contributed by atoms with Crippen LogP contribution in [-0.4, -0.2) is 37.0 Å². The van der Waals surface area contributed by atoms with Crippen molar-refractivity contribution in [3.63, 3.8) is 0 Å². The maximum Gasteiger partial charge on any atom is 0.162 e. The maximum atomic E-state index is 10.2. The number of aliphatic hydroxyl groups is 1. The van der Waals surface area contributed by atoms with Crippen LogP contribution < -0.4 is 14.8 Å². The van der Waals surface area contributed by atoms with Gasteiger partial charge in [0.05, 0.1) is 13.2 Å². The Morgan fingerprint density at radius 3 is 2.55 bits per heavy atom. The smallest absolute Gasteiger partial charge is 0.162 e. The van der Waals surface area contributed by atoms with Crippen molar-refractivity contribution >= 4 is 0 Å². The highest BCUT2D eigenvalue weighted by Gasteiger charge is 2.43. The lowest BCUT2D eigenvalue weighted by molar-refractivity contribution is 0.0547. The molecule has 1 fully saturated rings. The summed E-state index contributed by atoms with van der Waals surface area (Å²) in [6.45, 7) is 11.8. The lowest BCUT2D eigenvalue weighted by Crippen LogP contribution is -2.36. The van der Waals surface area contributed by atoms with E-state index in [2.05, 4.69) is 24.4 Å². The summed E-state index contributed by atoms with van der Waals surface area (Å²) in [4.78, 5) is 0. The Hall–Kier alpha value is -1.26. The average molecular weight is 307 g/mol. The number of rotatable bonds is 4. The molecule has 1 aliphatic heterocycles. The Morgan fingerprint density at radius 2 is 2.00 bits per heavy atom. The normalized spacial score (nSPS) is 26.8. The lowest BCUT2D eigenvalue weighted by atomic mass is 9.72. The molecule has 0 aliphatic carbocycles. The van der Waals surface area contributed by atoms with Crippen molar-refractivity contribution in [3.8, 4) is 11.5 Å². The van der Waals surface area contributed by atoms with E-state index in [-0.39, 0.29) is 23.0 Å². The molecule has 4 nitrogen and oxygen atoms in total. The number of methoxy groups -OCH3 is 1. The Bertz CT molecular complexity index is 522. The quantitative estimate of drug-likeness (QED) is 0.898. The van der Waals surface area contributed by atoms with E-state index in [0.717, 1.165) is 24.6 Å². The lowest BCUT2D eigenvalue weighted by Gasteiger charge is -2.34. The number of aliphatic hydroxyl groups excluding tert-OH is 1. The van der Waals surface area contributed by atoms with Crippen LogP contribution in [0.25, 0.3) is 0 Å². The molecule has 0 saturated carbocycles. The van der Waals surface area contributed by atoms with Crippen molar-refractivity contribution in [2.45, 2.75) is 52.2 Å². The third-order valence-electron chi connectivity index (χ3n) is 4.61. The minimum Gasteiger partial charge on any atom is -0.493 e. The molecule has 3 atom stereocenters. The zero-order chi connectivity index (χ0) is 16.5. The summed E-state index contributed by atoms with van der Waals surface area (Å²) in [7, 11) is 1.65. The van der Waals surface area contributed by atoms with Crippen LogP contribution in [0, 0.1) is 5.41 Å². The molecular weight excluding hydrogens is 278 g/mol. The number of benzene rings is 1. The molecule has 124 valence electrons. The van der Waals surface area contributed by atoms with Crippen molar-refractivity contribution < 1.29 is 14.6 Å². The summed E-state index contributed by atoms with van der Waals surface area (Å²) in [5.41, 5.74) is 0.717. The Morgan fingerprint density at radius 1 is 1.32 bits per heavy atom. The van der Waals surface area contributed by atoms with E-state index in [9.17, 15) is 5.11 Å². The van der Waals surface area contributed by atoms with Crippen LogP contribution in [0.2, 0.25) is 0 Å². The molecule has 1 aromatic carbocycles. The van der Waals surface area contributed by atoms with Crippen LogP contribution >= 0.6 is 0 Å². The zero-order valence-electron chi connectivity index (χ0n) is 14.6. The highest BCUT2D eigenvalue weighted by molar-refractivity contribution is 5.45. The third kappa shape index (κ3) is 3.39. The van der Waals surface area contributed by atoms with Gasteiger partial charge in [-0.2, -0.15) is 0 Å². The van der Waals surface area contributed by atoms with Gasteiger partial charge in [0.1, 0.15) is 5.60 Å². The summed E-state index contributed by atoms with van der Waals surface area (Å²) in [5.74, 6) is 1.75. The Labute approximate surface area is 133 Å². The largest absolute Gasteiger partial charge is 0.493 e. The minimum atomic E-state index is -0.374. The second-order valence-electron chi connectivity index (χ2n) is 7.49. The van der Waals surface area contributed by atoms with Gasteiger partial charge in [0, 0.05) is 24.4 Å².